The average molecular weight is 251 g/mol. The number of ether oxygens (including phenoxy) is 2. The molecule has 1 fully saturated rings. The molecule has 0 aliphatic carbocycles. The lowest BCUT2D eigenvalue weighted by Crippen LogP contribution is -2.32. The number of nitrogen functional groups attached to an aromatic ring is 1. The number of rotatable bonds is 2. The van der Waals surface area contributed by atoms with Crippen LogP contribution in [0.4, 0.5) is 10.3 Å². The number of aromatic nitrogens is 2. The Morgan fingerprint density at radius 1 is 1.44 bits per heavy atom. The van der Waals surface area contributed by atoms with E-state index in [1.807, 2.05) is 0 Å². The molecule has 0 amide bonds. The number of halogens is 1. The summed E-state index contributed by atoms with van der Waals surface area (Å²) < 4.78 is 25.9. The molecule has 1 atom stereocenters. The second-order valence-corrected chi connectivity index (χ2v) is 4.28. The highest BCUT2D eigenvalue weighted by molar-refractivity contribution is 5.78. The van der Waals surface area contributed by atoms with Gasteiger partial charge in [0.25, 0.3) is 0 Å². The van der Waals surface area contributed by atoms with Crippen LogP contribution >= 0.6 is 0 Å². The highest BCUT2D eigenvalue weighted by atomic mass is 19.1. The Bertz CT molecular complexity index is 564. The Hall–Kier alpha value is -1.66. The van der Waals surface area contributed by atoms with E-state index in [9.17, 15) is 4.39 Å². The van der Waals surface area contributed by atoms with Crippen LogP contribution in [0.15, 0.2) is 18.2 Å². The minimum atomic E-state index is -0.301. The second-order valence-electron chi connectivity index (χ2n) is 4.28. The Balaban J connectivity index is 1.94. The summed E-state index contributed by atoms with van der Waals surface area (Å²) in [7, 11) is 0. The standard InChI is InChI=1S/C12H14FN3O2/c13-8-1-2-10-11(5-8)16(12(14)15-10)6-9-7-17-3-4-18-9/h1-2,5,9H,3-4,6-7H2,(H2,14,15). The van der Waals surface area contributed by atoms with Crippen LogP contribution in [-0.2, 0) is 16.0 Å². The van der Waals surface area contributed by atoms with Crippen LogP contribution in [0.5, 0.6) is 0 Å². The van der Waals surface area contributed by atoms with Gasteiger partial charge in [-0.3, -0.25) is 0 Å². The number of fused-ring (bicyclic) bond motifs is 1. The summed E-state index contributed by atoms with van der Waals surface area (Å²) in [6.45, 7) is 2.23. The molecule has 0 spiro atoms. The quantitative estimate of drug-likeness (QED) is 0.870. The minimum absolute atomic E-state index is 0.0679. The number of nitrogens with two attached hydrogens (primary N) is 1. The summed E-state index contributed by atoms with van der Waals surface area (Å²) in [5, 5.41) is 0. The van der Waals surface area contributed by atoms with Gasteiger partial charge in [-0.05, 0) is 18.2 Å². The molecule has 2 N–H and O–H groups in total. The number of nitrogens with zero attached hydrogens (tertiary/aromatic N) is 2. The smallest absolute Gasteiger partial charge is 0.201 e. The van der Waals surface area contributed by atoms with Crippen molar-refractivity contribution >= 4 is 17.0 Å². The van der Waals surface area contributed by atoms with Crippen molar-refractivity contribution in [3.63, 3.8) is 0 Å². The number of anilines is 1. The van der Waals surface area contributed by atoms with Crippen LogP contribution in [0, 0.1) is 5.82 Å². The maximum Gasteiger partial charge on any atom is 0.201 e. The van der Waals surface area contributed by atoms with Crippen LogP contribution < -0.4 is 5.73 Å². The fourth-order valence-corrected chi connectivity index (χ4v) is 2.15. The first-order chi connectivity index (χ1) is 8.74. The maximum absolute atomic E-state index is 13.3. The highest BCUT2D eigenvalue weighted by Gasteiger charge is 2.18. The lowest BCUT2D eigenvalue weighted by atomic mass is 10.3. The normalized spacial score (nSPS) is 20.4. The summed E-state index contributed by atoms with van der Waals surface area (Å²) in [6.07, 6.45) is -0.0679. The van der Waals surface area contributed by atoms with Crippen LogP contribution in [0.1, 0.15) is 0 Å². The van der Waals surface area contributed by atoms with Gasteiger partial charge >= 0.3 is 0 Å². The van der Waals surface area contributed by atoms with E-state index in [0.29, 0.717) is 43.3 Å². The van der Waals surface area contributed by atoms with Crippen molar-refractivity contribution in [2.75, 3.05) is 25.6 Å². The van der Waals surface area contributed by atoms with Crippen molar-refractivity contribution in [2.24, 2.45) is 0 Å². The Morgan fingerprint density at radius 2 is 2.33 bits per heavy atom. The summed E-state index contributed by atoms with van der Waals surface area (Å²) in [4.78, 5) is 4.20. The van der Waals surface area contributed by atoms with Gasteiger partial charge in [0, 0.05) is 0 Å². The average Bonchev–Trinajstić information content (AvgIpc) is 2.67. The Kier molecular flexibility index (Phi) is 2.89. The van der Waals surface area contributed by atoms with Gasteiger partial charge in [0.05, 0.1) is 43.5 Å². The van der Waals surface area contributed by atoms with Gasteiger partial charge < -0.3 is 19.8 Å². The van der Waals surface area contributed by atoms with Crippen molar-refractivity contribution in [1.29, 1.82) is 0 Å². The first-order valence-corrected chi connectivity index (χ1v) is 5.84. The summed E-state index contributed by atoms with van der Waals surface area (Å²) in [5.74, 6) is 0.0641. The molecule has 2 heterocycles. The summed E-state index contributed by atoms with van der Waals surface area (Å²) >= 11 is 0. The predicted molar refractivity (Wildman–Crippen MR) is 64.7 cm³/mol. The molecule has 1 unspecified atom stereocenters. The first kappa shape index (κ1) is 11.4. The zero-order valence-electron chi connectivity index (χ0n) is 9.80. The molecule has 1 aromatic heterocycles. The zero-order chi connectivity index (χ0) is 12.5. The summed E-state index contributed by atoms with van der Waals surface area (Å²) in [5.41, 5.74) is 7.22. The number of benzene rings is 1. The highest BCUT2D eigenvalue weighted by Crippen LogP contribution is 2.20. The molecule has 2 aromatic rings. The van der Waals surface area contributed by atoms with E-state index in [0.717, 1.165) is 0 Å². The third-order valence-corrected chi connectivity index (χ3v) is 3.01. The predicted octanol–water partition coefficient (Wildman–Crippen LogP) is 1.17. The molecule has 1 aliphatic rings. The molecule has 0 saturated carbocycles. The van der Waals surface area contributed by atoms with Gasteiger partial charge in [0.1, 0.15) is 5.82 Å². The van der Waals surface area contributed by atoms with E-state index >= 15 is 0 Å². The fourth-order valence-electron chi connectivity index (χ4n) is 2.15. The number of hydrogen-bond donors (Lipinski definition) is 1. The van der Waals surface area contributed by atoms with Crippen molar-refractivity contribution in [1.82, 2.24) is 9.55 Å². The molecule has 96 valence electrons. The van der Waals surface area contributed by atoms with E-state index in [4.69, 9.17) is 15.2 Å². The number of hydrogen-bond acceptors (Lipinski definition) is 4. The molecule has 1 aromatic carbocycles. The van der Waals surface area contributed by atoms with Crippen LogP contribution in [0.25, 0.3) is 11.0 Å². The van der Waals surface area contributed by atoms with Crippen molar-refractivity contribution in [3.8, 4) is 0 Å². The third kappa shape index (κ3) is 2.04. The summed E-state index contributed by atoms with van der Waals surface area (Å²) in [6, 6.07) is 4.43. The van der Waals surface area contributed by atoms with Crippen LogP contribution in [0.2, 0.25) is 0 Å². The minimum Gasteiger partial charge on any atom is -0.376 e. The molecule has 18 heavy (non-hydrogen) atoms. The Morgan fingerprint density at radius 3 is 3.11 bits per heavy atom. The van der Waals surface area contributed by atoms with E-state index in [-0.39, 0.29) is 11.9 Å². The fraction of sp³-hybridized carbons (Fsp3) is 0.417. The third-order valence-electron chi connectivity index (χ3n) is 3.01. The second kappa shape index (κ2) is 4.55. The largest absolute Gasteiger partial charge is 0.376 e. The molecule has 3 rings (SSSR count). The van der Waals surface area contributed by atoms with E-state index < -0.39 is 0 Å². The lowest BCUT2D eigenvalue weighted by molar-refractivity contribution is -0.0930. The van der Waals surface area contributed by atoms with E-state index in [1.54, 1.807) is 10.6 Å². The van der Waals surface area contributed by atoms with Crippen molar-refractivity contribution < 1.29 is 13.9 Å². The molecule has 5 nitrogen and oxygen atoms in total. The topological polar surface area (TPSA) is 62.3 Å². The molecular formula is C12H14FN3O2. The molecular weight excluding hydrogens is 237 g/mol. The monoisotopic (exact) mass is 251 g/mol. The number of imidazole rings is 1. The van der Waals surface area contributed by atoms with Gasteiger partial charge in [0.2, 0.25) is 5.95 Å². The Labute approximate surface area is 103 Å². The first-order valence-electron chi connectivity index (χ1n) is 5.84. The molecule has 1 saturated heterocycles. The molecule has 0 radical (unpaired) electrons. The van der Waals surface area contributed by atoms with Crippen LogP contribution in [0.3, 0.4) is 0 Å². The van der Waals surface area contributed by atoms with Gasteiger partial charge in [-0.1, -0.05) is 0 Å². The van der Waals surface area contributed by atoms with Gasteiger partial charge in [-0.2, -0.15) is 0 Å². The molecule has 6 heteroatoms. The molecule has 0 bridgehead atoms. The molecule has 1 aliphatic heterocycles. The van der Waals surface area contributed by atoms with Crippen LogP contribution in [-0.4, -0.2) is 35.5 Å². The van der Waals surface area contributed by atoms with E-state index in [2.05, 4.69) is 4.98 Å². The van der Waals surface area contributed by atoms with Crippen molar-refractivity contribution in [3.05, 3.63) is 24.0 Å². The lowest BCUT2D eigenvalue weighted by Gasteiger charge is -2.23. The van der Waals surface area contributed by atoms with E-state index in [1.165, 1.54) is 12.1 Å². The maximum atomic E-state index is 13.3. The van der Waals surface area contributed by atoms with Gasteiger partial charge in [0.15, 0.2) is 0 Å². The van der Waals surface area contributed by atoms with Gasteiger partial charge in [-0.25, -0.2) is 9.37 Å². The van der Waals surface area contributed by atoms with Crippen molar-refractivity contribution in [2.45, 2.75) is 12.6 Å². The SMILES string of the molecule is Nc1nc2ccc(F)cc2n1CC1COCCO1. The zero-order valence-corrected chi connectivity index (χ0v) is 9.80. The van der Waals surface area contributed by atoms with Gasteiger partial charge in [-0.15, -0.1) is 0 Å².